The molecule has 0 radical (unpaired) electrons. The minimum atomic E-state index is -0.136. The van der Waals surface area contributed by atoms with Crippen LogP contribution in [-0.2, 0) is 13.6 Å². The highest BCUT2D eigenvalue weighted by Gasteiger charge is 2.25. The Kier molecular flexibility index (Phi) is 5.05. The molecule has 1 aliphatic rings. The van der Waals surface area contributed by atoms with Gasteiger partial charge in [-0.05, 0) is 32.7 Å². The van der Waals surface area contributed by atoms with Gasteiger partial charge in [-0.15, -0.1) is 0 Å². The van der Waals surface area contributed by atoms with Crippen molar-refractivity contribution in [1.29, 1.82) is 0 Å². The molecule has 1 aromatic rings. The fourth-order valence-corrected chi connectivity index (χ4v) is 3.25. The second-order valence-corrected chi connectivity index (χ2v) is 6.01. The van der Waals surface area contributed by atoms with Crippen molar-refractivity contribution in [3.05, 3.63) is 11.3 Å². The molecule has 1 aromatic heterocycles. The molecule has 0 aliphatic heterocycles. The summed E-state index contributed by atoms with van der Waals surface area (Å²) in [4.78, 5) is 2.27. The molecule has 0 aromatic carbocycles. The van der Waals surface area contributed by atoms with E-state index >= 15 is 0 Å². The Bertz CT molecular complexity index is 445. The molecule has 1 fully saturated rings. The van der Waals surface area contributed by atoms with Gasteiger partial charge in [0.2, 0.25) is 5.88 Å². The summed E-state index contributed by atoms with van der Waals surface area (Å²) in [6, 6.07) is 0. The summed E-state index contributed by atoms with van der Waals surface area (Å²) in [5.74, 6) is 1.23. The van der Waals surface area contributed by atoms with E-state index in [1.54, 1.807) is 11.8 Å². The monoisotopic (exact) mass is 281 g/mol. The van der Waals surface area contributed by atoms with Crippen LogP contribution in [0.15, 0.2) is 0 Å². The van der Waals surface area contributed by atoms with Gasteiger partial charge in [0, 0.05) is 20.1 Å². The number of hydrogen-bond donors (Lipinski definition) is 1. The third-order valence-corrected chi connectivity index (χ3v) is 4.33. The number of nitrogens with zero attached hydrogens (tertiary/aromatic N) is 3. The van der Waals surface area contributed by atoms with Gasteiger partial charge in [0.05, 0.1) is 24.5 Å². The zero-order valence-corrected chi connectivity index (χ0v) is 13.1. The van der Waals surface area contributed by atoms with Gasteiger partial charge in [-0.25, -0.2) is 4.68 Å². The third-order valence-electron chi connectivity index (χ3n) is 4.33. The Morgan fingerprint density at radius 3 is 2.75 bits per heavy atom. The largest absolute Gasteiger partial charge is 0.481 e. The lowest BCUT2D eigenvalue weighted by molar-refractivity contribution is 0.0500. The Morgan fingerprint density at radius 1 is 1.40 bits per heavy atom. The average molecular weight is 281 g/mol. The number of aliphatic hydroxyl groups is 1. The van der Waals surface area contributed by atoms with Crippen molar-refractivity contribution in [3.8, 4) is 5.88 Å². The molecule has 1 aliphatic carbocycles. The number of rotatable bonds is 5. The maximum Gasteiger partial charge on any atom is 0.216 e. The van der Waals surface area contributed by atoms with E-state index in [1.165, 1.54) is 6.42 Å². The van der Waals surface area contributed by atoms with E-state index in [0.717, 1.165) is 49.5 Å². The predicted octanol–water partition coefficient (Wildman–Crippen LogP) is 1.72. The number of methoxy groups -OCH3 is 1. The zero-order valence-electron chi connectivity index (χ0n) is 13.1. The van der Waals surface area contributed by atoms with Crippen LogP contribution < -0.4 is 4.74 Å². The van der Waals surface area contributed by atoms with E-state index in [-0.39, 0.29) is 6.10 Å². The minimum Gasteiger partial charge on any atom is -0.481 e. The Labute approximate surface area is 121 Å². The Hall–Kier alpha value is -1.07. The van der Waals surface area contributed by atoms with Crippen LogP contribution in [-0.4, -0.2) is 46.6 Å². The van der Waals surface area contributed by atoms with Gasteiger partial charge in [0.1, 0.15) is 0 Å². The maximum atomic E-state index is 10.1. The number of aromatic nitrogens is 2. The molecule has 0 saturated heterocycles. The van der Waals surface area contributed by atoms with Gasteiger partial charge in [-0.2, -0.15) is 5.10 Å². The molecule has 2 unspecified atom stereocenters. The fraction of sp³-hybridized carbons (Fsp3) is 0.800. The van der Waals surface area contributed by atoms with E-state index in [0.29, 0.717) is 5.92 Å². The third kappa shape index (κ3) is 3.33. The van der Waals surface area contributed by atoms with Crippen molar-refractivity contribution >= 4 is 0 Å². The average Bonchev–Trinajstić information content (AvgIpc) is 2.66. The van der Waals surface area contributed by atoms with Crippen LogP contribution in [0.4, 0.5) is 0 Å². The van der Waals surface area contributed by atoms with Crippen molar-refractivity contribution in [1.82, 2.24) is 14.7 Å². The number of aliphatic hydroxyl groups excluding tert-OH is 1. The van der Waals surface area contributed by atoms with Gasteiger partial charge < -0.3 is 14.7 Å². The summed E-state index contributed by atoms with van der Waals surface area (Å²) in [6.07, 6.45) is 4.35. The van der Waals surface area contributed by atoms with Crippen LogP contribution in [0.5, 0.6) is 5.88 Å². The molecule has 2 rings (SSSR count). The predicted molar refractivity (Wildman–Crippen MR) is 78.8 cm³/mol. The van der Waals surface area contributed by atoms with E-state index in [1.807, 2.05) is 14.0 Å². The second kappa shape index (κ2) is 6.59. The molecule has 20 heavy (non-hydrogen) atoms. The van der Waals surface area contributed by atoms with Crippen LogP contribution in [0.2, 0.25) is 0 Å². The molecule has 1 saturated carbocycles. The van der Waals surface area contributed by atoms with Gasteiger partial charge >= 0.3 is 0 Å². The summed E-state index contributed by atoms with van der Waals surface area (Å²) >= 11 is 0. The first-order chi connectivity index (χ1) is 9.52. The topological polar surface area (TPSA) is 50.5 Å². The highest BCUT2D eigenvalue weighted by Crippen LogP contribution is 2.27. The summed E-state index contributed by atoms with van der Waals surface area (Å²) in [7, 11) is 5.69. The number of ether oxygens (including phenoxy) is 1. The van der Waals surface area contributed by atoms with Crippen molar-refractivity contribution in [3.63, 3.8) is 0 Å². The van der Waals surface area contributed by atoms with Crippen LogP contribution in [0.25, 0.3) is 0 Å². The van der Waals surface area contributed by atoms with Crippen molar-refractivity contribution in [2.24, 2.45) is 13.0 Å². The lowest BCUT2D eigenvalue weighted by Crippen LogP contribution is -2.34. The molecular weight excluding hydrogens is 254 g/mol. The molecular formula is C15H27N3O2. The second-order valence-electron chi connectivity index (χ2n) is 6.01. The molecule has 0 amide bonds. The van der Waals surface area contributed by atoms with Crippen molar-refractivity contribution in [2.45, 2.75) is 45.3 Å². The molecule has 1 N–H and O–H groups in total. The van der Waals surface area contributed by atoms with E-state index < -0.39 is 0 Å². The molecule has 114 valence electrons. The van der Waals surface area contributed by atoms with Gasteiger partial charge in [-0.3, -0.25) is 0 Å². The van der Waals surface area contributed by atoms with Crippen LogP contribution in [0.3, 0.4) is 0 Å². The number of aryl methyl sites for hydroxylation is 2. The smallest absolute Gasteiger partial charge is 0.216 e. The van der Waals surface area contributed by atoms with E-state index in [2.05, 4.69) is 17.0 Å². The SMILES string of the molecule is COc1c(CN(C)CC2CCCCC2O)c(C)nn1C. The van der Waals surface area contributed by atoms with E-state index in [9.17, 15) is 5.11 Å². The van der Waals surface area contributed by atoms with Crippen molar-refractivity contribution in [2.75, 3.05) is 20.7 Å². The van der Waals surface area contributed by atoms with Gasteiger partial charge in [0.25, 0.3) is 0 Å². The first kappa shape index (κ1) is 15.3. The molecule has 0 spiro atoms. The molecule has 2 atom stereocenters. The van der Waals surface area contributed by atoms with Crippen LogP contribution >= 0.6 is 0 Å². The fourth-order valence-electron chi connectivity index (χ4n) is 3.25. The molecule has 1 heterocycles. The highest BCUT2D eigenvalue weighted by molar-refractivity contribution is 5.30. The standard InChI is InChI=1S/C15H27N3O2/c1-11-13(15(20-4)18(3)16-11)10-17(2)9-12-7-5-6-8-14(12)19/h12,14,19H,5-10H2,1-4H3. The van der Waals surface area contributed by atoms with Crippen molar-refractivity contribution < 1.29 is 9.84 Å². The molecule has 5 nitrogen and oxygen atoms in total. The maximum absolute atomic E-state index is 10.1. The Balaban J connectivity index is 1.99. The number of hydrogen-bond acceptors (Lipinski definition) is 4. The van der Waals surface area contributed by atoms with Crippen LogP contribution in [0.1, 0.15) is 36.9 Å². The summed E-state index contributed by atoms with van der Waals surface area (Å²) in [5, 5.41) is 14.5. The zero-order chi connectivity index (χ0) is 14.7. The molecule has 0 bridgehead atoms. The Morgan fingerprint density at radius 2 is 2.10 bits per heavy atom. The molecule has 5 heteroatoms. The summed E-state index contributed by atoms with van der Waals surface area (Å²) < 4.78 is 7.22. The lowest BCUT2D eigenvalue weighted by atomic mass is 9.86. The van der Waals surface area contributed by atoms with Gasteiger partial charge in [0.15, 0.2) is 0 Å². The van der Waals surface area contributed by atoms with Crippen LogP contribution in [0, 0.1) is 12.8 Å². The first-order valence-corrected chi connectivity index (χ1v) is 7.46. The summed E-state index contributed by atoms with van der Waals surface area (Å²) in [5.41, 5.74) is 2.16. The van der Waals surface area contributed by atoms with E-state index in [4.69, 9.17) is 4.74 Å². The minimum absolute atomic E-state index is 0.136. The van der Waals surface area contributed by atoms with Gasteiger partial charge in [-0.1, -0.05) is 12.8 Å². The first-order valence-electron chi connectivity index (χ1n) is 7.46. The lowest BCUT2D eigenvalue weighted by Gasteiger charge is -2.31. The quantitative estimate of drug-likeness (QED) is 0.893. The summed E-state index contributed by atoms with van der Waals surface area (Å²) in [6.45, 7) is 3.76. The normalized spacial score (nSPS) is 23.3. The highest BCUT2D eigenvalue weighted by atomic mass is 16.5.